The van der Waals surface area contributed by atoms with Gasteiger partial charge in [0.15, 0.2) is 0 Å². The SMILES string of the molecule is COc1ccc(NC(=O)/C=C/c2ccccn2)c(OC)c1. The molecule has 0 atom stereocenters. The van der Waals surface area contributed by atoms with Crippen molar-refractivity contribution in [2.24, 2.45) is 0 Å². The molecule has 1 N–H and O–H groups in total. The average molecular weight is 284 g/mol. The third-order valence-corrected chi connectivity index (χ3v) is 2.76. The first kappa shape index (κ1) is 14.6. The van der Waals surface area contributed by atoms with E-state index in [0.29, 0.717) is 22.9 Å². The van der Waals surface area contributed by atoms with Crippen LogP contribution < -0.4 is 14.8 Å². The van der Waals surface area contributed by atoms with Crippen molar-refractivity contribution < 1.29 is 14.3 Å². The van der Waals surface area contributed by atoms with Gasteiger partial charge in [0.25, 0.3) is 0 Å². The topological polar surface area (TPSA) is 60.5 Å². The molecule has 1 amide bonds. The lowest BCUT2D eigenvalue weighted by Crippen LogP contribution is -2.09. The molecule has 1 heterocycles. The molecule has 1 aromatic carbocycles. The van der Waals surface area contributed by atoms with Crippen LogP contribution in [0.25, 0.3) is 6.08 Å². The van der Waals surface area contributed by atoms with Crippen LogP contribution in [0, 0.1) is 0 Å². The van der Waals surface area contributed by atoms with Crippen LogP contribution in [0.3, 0.4) is 0 Å². The maximum Gasteiger partial charge on any atom is 0.248 e. The van der Waals surface area contributed by atoms with E-state index in [4.69, 9.17) is 9.47 Å². The molecular weight excluding hydrogens is 268 g/mol. The number of amides is 1. The molecule has 0 fully saturated rings. The number of hydrogen-bond acceptors (Lipinski definition) is 4. The van der Waals surface area contributed by atoms with Crippen molar-refractivity contribution in [3.05, 3.63) is 54.4 Å². The van der Waals surface area contributed by atoms with Gasteiger partial charge in [-0.2, -0.15) is 0 Å². The molecule has 0 saturated carbocycles. The minimum atomic E-state index is -0.260. The molecule has 0 aliphatic carbocycles. The maximum absolute atomic E-state index is 11.9. The van der Waals surface area contributed by atoms with Crippen molar-refractivity contribution in [1.82, 2.24) is 4.98 Å². The number of ether oxygens (including phenoxy) is 2. The highest BCUT2D eigenvalue weighted by molar-refractivity contribution is 6.02. The Bertz CT molecular complexity index is 639. The van der Waals surface area contributed by atoms with Crippen molar-refractivity contribution in [3.8, 4) is 11.5 Å². The number of benzene rings is 1. The highest BCUT2D eigenvalue weighted by atomic mass is 16.5. The van der Waals surface area contributed by atoms with Gasteiger partial charge >= 0.3 is 0 Å². The van der Waals surface area contributed by atoms with Crippen molar-refractivity contribution in [2.75, 3.05) is 19.5 Å². The normalized spacial score (nSPS) is 10.4. The Morgan fingerprint density at radius 3 is 2.71 bits per heavy atom. The summed E-state index contributed by atoms with van der Waals surface area (Å²) >= 11 is 0. The summed E-state index contributed by atoms with van der Waals surface area (Å²) in [5.74, 6) is 0.937. The number of aromatic nitrogens is 1. The Balaban J connectivity index is 2.07. The Morgan fingerprint density at radius 1 is 1.19 bits per heavy atom. The number of hydrogen-bond donors (Lipinski definition) is 1. The zero-order valence-electron chi connectivity index (χ0n) is 11.9. The number of methoxy groups -OCH3 is 2. The van der Waals surface area contributed by atoms with Gasteiger partial charge in [0.1, 0.15) is 11.5 Å². The predicted molar refractivity (Wildman–Crippen MR) is 81.4 cm³/mol. The van der Waals surface area contributed by atoms with Gasteiger partial charge in [-0.05, 0) is 30.3 Å². The monoisotopic (exact) mass is 284 g/mol. The van der Waals surface area contributed by atoms with Crippen molar-refractivity contribution >= 4 is 17.7 Å². The van der Waals surface area contributed by atoms with E-state index < -0.39 is 0 Å². The zero-order chi connectivity index (χ0) is 15.1. The summed E-state index contributed by atoms with van der Waals surface area (Å²) in [6, 6.07) is 10.7. The Hall–Kier alpha value is -2.82. The Labute approximate surface area is 123 Å². The van der Waals surface area contributed by atoms with E-state index in [-0.39, 0.29) is 5.91 Å². The molecule has 0 aliphatic rings. The number of carbonyl (C=O) groups excluding carboxylic acids is 1. The van der Waals surface area contributed by atoms with Gasteiger partial charge in [0.2, 0.25) is 5.91 Å². The van der Waals surface area contributed by atoms with Gasteiger partial charge in [-0.15, -0.1) is 0 Å². The van der Waals surface area contributed by atoms with E-state index in [1.807, 2.05) is 18.2 Å². The molecule has 5 heteroatoms. The second-order valence-electron chi connectivity index (χ2n) is 4.14. The van der Waals surface area contributed by atoms with Gasteiger partial charge in [-0.1, -0.05) is 6.07 Å². The van der Waals surface area contributed by atoms with Gasteiger partial charge in [-0.25, -0.2) is 0 Å². The molecule has 1 aromatic heterocycles. The van der Waals surface area contributed by atoms with Crippen LogP contribution in [0.4, 0.5) is 5.69 Å². The smallest absolute Gasteiger partial charge is 0.248 e. The molecule has 108 valence electrons. The van der Waals surface area contributed by atoms with E-state index in [2.05, 4.69) is 10.3 Å². The van der Waals surface area contributed by atoms with E-state index in [9.17, 15) is 4.79 Å². The summed E-state index contributed by atoms with van der Waals surface area (Å²) in [5.41, 5.74) is 1.29. The molecule has 0 spiro atoms. The number of pyridine rings is 1. The first-order valence-corrected chi connectivity index (χ1v) is 6.35. The molecule has 0 radical (unpaired) electrons. The van der Waals surface area contributed by atoms with Crippen LogP contribution in [0.2, 0.25) is 0 Å². The largest absolute Gasteiger partial charge is 0.497 e. The minimum absolute atomic E-state index is 0.260. The van der Waals surface area contributed by atoms with Crippen molar-refractivity contribution in [1.29, 1.82) is 0 Å². The summed E-state index contributed by atoms with van der Waals surface area (Å²) < 4.78 is 10.3. The molecule has 21 heavy (non-hydrogen) atoms. The number of nitrogens with one attached hydrogen (secondary N) is 1. The number of rotatable bonds is 5. The fourth-order valence-corrected chi connectivity index (χ4v) is 1.71. The second-order valence-corrected chi connectivity index (χ2v) is 4.14. The molecule has 0 saturated heterocycles. The minimum Gasteiger partial charge on any atom is -0.497 e. The lowest BCUT2D eigenvalue weighted by Gasteiger charge is -2.10. The first-order chi connectivity index (χ1) is 10.2. The summed E-state index contributed by atoms with van der Waals surface area (Å²) in [6.07, 6.45) is 4.74. The lowest BCUT2D eigenvalue weighted by atomic mass is 10.2. The van der Waals surface area contributed by atoms with Gasteiger partial charge in [0.05, 0.1) is 25.6 Å². The van der Waals surface area contributed by atoms with Gasteiger partial charge < -0.3 is 14.8 Å². The van der Waals surface area contributed by atoms with Crippen molar-refractivity contribution in [3.63, 3.8) is 0 Å². The van der Waals surface area contributed by atoms with Crippen LogP contribution in [0.15, 0.2) is 48.7 Å². The van der Waals surface area contributed by atoms with E-state index in [1.165, 1.54) is 13.2 Å². The standard InChI is InChI=1S/C16H16N2O3/c1-20-13-7-8-14(15(11-13)21-2)18-16(19)9-6-12-5-3-4-10-17-12/h3-11H,1-2H3,(H,18,19)/b9-6+. The second kappa shape index (κ2) is 7.09. The summed E-state index contributed by atoms with van der Waals surface area (Å²) in [6.45, 7) is 0. The quantitative estimate of drug-likeness (QED) is 0.858. The molecular formula is C16H16N2O3. The van der Waals surface area contributed by atoms with Gasteiger partial charge in [-0.3, -0.25) is 9.78 Å². The lowest BCUT2D eigenvalue weighted by molar-refractivity contribution is -0.111. The molecule has 0 bridgehead atoms. The summed E-state index contributed by atoms with van der Waals surface area (Å²) in [4.78, 5) is 16.0. The molecule has 0 unspecified atom stereocenters. The molecule has 0 aliphatic heterocycles. The Morgan fingerprint density at radius 2 is 2.05 bits per heavy atom. The zero-order valence-corrected chi connectivity index (χ0v) is 11.9. The Kier molecular flexibility index (Phi) is 4.93. The third kappa shape index (κ3) is 4.07. The molecule has 5 nitrogen and oxygen atoms in total. The van der Waals surface area contributed by atoms with Gasteiger partial charge in [0, 0.05) is 18.3 Å². The molecule has 2 rings (SSSR count). The van der Waals surface area contributed by atoms with Crippen LogP contribution in [-0.4, -0.2) is 25.1 Å². The fourth-order valence-electron chi connectivity index (χ4n) is 1.71. The van der Waals surface area contributed by atoms with Crippen molar-refractivity contribution in [2.45, 2.75) is 0 Å². The number of carbonyl (C=O) groups is 1. The predicted octanol–water partition coefficient (Wildman–Crippen LogP) is 2.75. The summed E-state index contributed by atoms with van der Waals surface area (Å²) in [7, 11) is 3.11. The van der Waals surface area contributed by atoms with Crippen LogP contribution >= 0.6 is 0 Å². The van der Waals surface area contributed by atoms with Crippen LogP contribution in [-0.2, 0) is 4.79 Å². The average Bonchev–Trinajstić information content (AvgIpc) is 2.54. The number of anilines is 1. The third-order valence-electron chi connectivity index (χ3n) is 2.76. The van der Waals surface area contributed by atoms with E-state index in [0.717, 1.165) is 0 Å². The first-order valence-electron chi connectivity index (χ1n) is 6.35. The van der Waals surface area contributed by atoms with E-state index >= 15 is 0 Å². The highest BCUT2D eigenvalue weighted by Crippen LogP contribution is 2.28. The summed E-state index contributed by atoms with van der Waals surface area (Å²) in [5, 5.41) is 2.75. The highest BCUT2D eigenvalue weighted by Gasteiger charge is 2.06. The maximum atomic E-state index is 11.9. The number of nitrogens with zero attached hydrogens (tertiary/aromatic N) is 1. The van der Waals surface area contributed by atoms with Crippen LogP contribution in [0.5, 0.6) is 11.5 Å². The fraction of sp³-hybridized carbons (Fsp3) is 0.125. The van der Waals surface area contributed by atoms with Crippen LogP contribution in [0.1, 0.15) is 5.69 Å². The van der Waals surface area contributed by atoms with E-state index in [1.54, 1.807) is 37.6 Å². The molecule has 2 aromatic rings.